The monoisotopic (exact) mass is 241 g/mol. The van der Waals surface area contributed by atoms with Gasteiger partial charge in [-0.05, 0) is 46.2 Å². The lowest BCUT2D eigenvalue weighted by atomic mass is 10.0. The molecule has 0 aliphatic rings. The second kappa shape index (κ2) is 4.55. The lowest BCUT2D eigenvalue weighted by molar-refractivity contribution is -0.143. The Balaban J connectivity index is 2.84. The largest absolute Gasteiger partial charge is 0.480 e. The molecule has 2 N–H and O–H groups in total. The first-order valence-electron chi connectivity index (χ1n) is 5.32. The summed E-state index contributed by atoms with van der Waals surface area (Å²) in [5.41, 5.74) is 0.290. The number of aliphatic carboxylic acids is 1. The molecule has 0 aromatic carbocycles. The topological polar surface area (TPSA) is 49.3 Å². The van der Waals surface area contributed by atoms with Gasteiger partial charge in [-0.3, -0.25) is 10.1 Å². The Labute approximate surface area is 100 Å². The highest BCUT2D eigenvalue weighted by Gasteiger charge is 2.29. The van der Waals surface area contributed by atoms with Gasteiger partial charge in [-0.25, -0.2) is 0 Å². The number of carboxylic acid groups (broad SMARTS) is 1. The first-order chi connectivity index (χ1) is 7.24. The van der Waals surface area contributed by atoms with E-state index in [9.17, 15) is 4.79 Å². The minimum absolute atomic E-state index is 0.0519. The molecule has 0 amide bonds. The van der Waals surface area contributed by atoms with Crippen molar-refractivity contribution in [3.05, 3.63) is 21.4 Å². The molecule has 0 fully saturated rings. The summed E-state index contributed by atoms with van der Waals surface area (Å²) in [7, 11) is 0. The van der Waals surface area contributed by atoms with Gasteiger partial charge < -0.3 is 5.11 Å². The molecule has 16 heavy (non-hydrogen) atoms. The summed E-state index contributed by atoms with van der Waals surface area (Å²) in [6.07, 6.45) is 0. The third-order valence-corrected chi connectivity index (χ3v) is 3.64. The number of thiophene rings is 1. The second-order valence-corrected chi connectivity index (χ2v) is 6.13. The Morgan fingerprint density at radius 2 is 2.06 bits per heavy atom. The first kappa shape index (κ1) is 13.2. The van der Waals surface area contributed by atoms with Crippen molar-refractivity contribution in [1.29, 1.82) is 0 Å². The fourth-order valence-corrected chi connectivity index (χ4v) is 2.78. The van der Waals surface area contributed by atoms with Crippen LogP contribution >= 0.6 is 11.3 Å². The lowest BCUT2D eigenvalue weighted by Crippen LogP contribution is -2.47. The average molecular weight is 241 g/mol. The van der Waals surface area contributed by atoms with Crippen LogP contribution in [0.4, 0.5) is 0 Å². The maximum absolute atomic E-state index is 11.0. The van der Waals surface area contributed by atoms with Gasteiger partial charge in [-0.1, -0.05) is 0 Å². The van der Waals surface area contributed by atoms with Gasteiger partial charge >= 0.3 is 5.97 Å². The van der Waals surface area contributed by atoms with Crippen LogP contribution in [0, 0.1) is 13.8 Å². The summed E-state index contributed by atoms with van der Waals surface area (Å²) in [5, 5.41) is 12.2. The van der Waals surface area contributed by atoms with Crippen molar-refractivity contribution in [2.75, 3.05) is 0 Å². The third-order valence-electron chi connectivity index (χ3n) is 2.66. The lowest BCUT2D eigenvalue weighted by Gasteiger charge is -2.26. The molecule has 0 saturated carbocycles. The quantitative estimate of drug-likeness (QED) is 0.852. The van der Waals surface area contributed by atoms with E-state index < -0.39 is 11.5 Å². The van der Waals surface area contributed by atoms with Crippen LogP contribution in [-0.4, -0.2) is 16.6 Å². The van der Waals surface area contributed by atoms with Crippen LogP contribution in [0.25, 0.3) is 0 Å². The van der Waals surface area contributed by atoms with Crippen molar-refractivity contribution in [2.45, 2.75) is 46.2 Å². The number of rotatable bonds is 4. The number of aryl methyl sites for hydroxylation is 2. The molecular formula is C12H19NO2S. The SMILES string of the molecule is Cc1cc(C(C)NC(C)(C)C(=O)O)c(C)s1. The van der Waals surface area contributed by atoms with E-state index >= 15 is 0 Å². The predicted octanol–water partition coefficient (Wildman–Crippen LogP) is 2.88. The number of carbonyl (C=O) groups is 1. The van der Waals surface area contributed by atoms with Crippen LogP contribution < -0.4 is 5.32 Å². The molecule has 0 radical (unpaired) electrons. The molecule has 90 valence electrons. The maximum Gasteiger partial charge on any atom is 0.323 e. The zero-order valence-electron chi connectivity index (χ0n) is 10.4. The summed E-state index contributed by atoms with van der Waals surface area (Å²) < 4.78 is 0. The van der Waals surface area contributed by atoms with Gasteiger partial charge in [0.05, 0.1) is 0 Å². The van der Waals surface area contributed by atoms with Gasteiger partial charge in [-0.15, -0.1) is 11.3 Å². The summed E-state index contributed by atoms with van der Waals surface area (Å²) >= 11 is 1.74. The normalized spacial score (nSPS) is 13.8. The standard InChI is InChI=1S/C12H19NO2S/c1-7-6-10(9(3)16-7)8(2)13-12(4,5)11(14)15/h6,8,13H,1-5H3,(H,14,15). The molecule has 1 unspecified atom stereocenters. The van der Waals surface area contributed by atoms with Crippen molar-refractivity contribution >= 4 is 17.3 Å². The van der Waals surface area contributed by atoms with Crippen molar-refractivity contribution in [2.24, 2.45) is 0 Å². The average Bonchev–Trinajstić information content (AvgIpc) is 2.44. The number of hydrogen-bond donors (Lipinski definition) is 2. The van der Waals surface area contributed by atoms with Gasteiger partial charge in [0.2, 0.25) is 0 Å². The Bertz CT molecular complexity index is 396. The molecule has 0 spiro atoms. The van der Waals surface area contributed by atoms with E-state index in [0.29, 0.717) is 0 Å². The molecular weight excluding hydrogens is 222 g/mol. The number of hydrogen-bond acceptors (Lipinski definition) is 3. The van der Waals surface area contributed by atoms with E-state index in [1.807, 2.05) is 6.92 Å². The van der Waals surface area contributed by atoms with E-state index in [4.69, 9.17) is 5.11 Å². The zero-order valence-corrected chi connectivity index (χ0v) is 11.2. The summed E-state index contributed by atoms with van der Waals surface area (Å²) in [5.74, 6) is -0.830. The van der Waals surface area contributed by atoms with Crippen molar-refractivity contribution < 1.29 is 9.90 Å². The van der Waals surface area contributed by atoms with E-state index in [1.165, 1.54) is 15.3 Å². The van der Waals surface area contributed by atoms with Crippen LogP contribution in [0.5, 0.6) is 0 Å². The fourth-order valence-electron chi connectivity index (χ4n) is 1.76. The number of nitrogens with one attached hydrogen (secondary N) is 1. The smallest absolute Gasteiger partial charge is 0.323 e. The molecule has 0 bridgehead atoms. The van der Waals surface area contributed by atoms with Gasteiger partial charge in [0.1, 0.15) is 5.54 Å². The molecule has 1 aromatic rings. The molecule has 1 aromatic heterocycles. The second-order valence-electron chi connectivity index (χ2n) is 4.66. The van der Waals surface area contributed by atoms with E-state index in [-0.39, 0.29) is 6.04 Å². The molecule has 1 rings (SSSR count). The van der Waals surface area contributed by atoms with Gasteiger partial charge in [0.25, 0.3) is 0 Å². The highest BCUT2D eigenvalue weighted by Crippen LogP contribution is 2.27. The van der Waals surface area contributed by atoms with E-state index in [1.54, 1.807) is 25.2 Å². The molecule has 0 aliphatic carbocycles. The Morgan fingerprint density at radius 1 is 1.50 bits per heavy atom. The molecule has 0 aliphatic heterocycles. The van der Waals surface area contributed by atoms with Crippen LogP contribution in [0.2, 0.25) is 0 Å². The Hall–Kier alpha value is -0.870. The van der Waals surface area contributed by atoms with E-state index in [2.05, 4.69) is 25.2 Å². The minimum Gasteiger partial charge on any atom is -0.480 e. The molecule has 3 nitrogen and oxygen atoms in total. The molecule has 1 heterocycles. The predicted molar refractivity (Wildman–Crippen MR) is 67.1 cm³/mol. The van der Waals surface area contributed by atoms with Crippen molar-refractivity contribution in [3.8, 4) is 0 Å². The van der Waals surface area contributed by atoms with Gasteiger partial charge in [0, 0.05) is 15.8 Å². The van der Waals surface area contributed by atoms with Gasteiger partial charge in [0.15, 0.2) is 0 Å². The van der Waals surface area contributed by atoms with Crippen LogP contribution in [0.1, 0.15) is 42.1 Å². The maximum atomic E-state index is 11.0. The number of carboxylic acids is 1. The van der Waals surface area contributed by atoms with Crippen LogP contribution in [0.3, 0.4) is 0 Å². The van der Waals surface area contributed by atoms with Gasteiger partial charge in [-0.2, -0.15) is 0 Å². The first-order valence-corrected chi connectivity index (χ1v) is 6.13. The minimum atomic E-state index is -0.901. The molecule has 0 saturated heterocycles. The Morgan fingerprint density at radius 3 is 2.44 bits per heavy atom. The summed E-state index contributed by atoms with van der Waals surface area (Å²) in [6.45, 7) is 9.50. The van der Waals surface area contributed by atoms with Crippen LogP contribution in [-0.2, 0) is 4.79 Å². The highest BCUT2D eigenvalue weighted by atomic mass is 32.1. The summed E-state index contributed by atoms with van der Waals surface area (Å²) in [6, 6.07) is 2.17. The Kier molecular flexibility index (Phi) is 3.76. The third kappa shape index (κ3) is 2.83. The summed E-state index contributed by atoms with van der Waals surface area (Å²) in [4.78, 5) is 13.5. The fraction of sp³-hybridized carbons (Fsp3) is 0.583. The highest BCUT2D eigenvalue weighted by molar-refractivity contribution is 7.12. The van der Waals surface area contributed by atoms with Crippen molar-refractivity contribution in [1.82, 2.24) is 5.32 Å². The molecule has 1 atom stereocenters. The zero-order chi connectivity index (χ0) is 12.5. The molecule has 4 heteroatoms. The van der Waals surface area contributed by atoms with E-state index in [0.717, 1.165) is 0 Å². The van der Waals surface area contributed by atoms with Crippen molar-refractivity contribution in [3.63, 3.8) is 0 Å². The van der Waals surface area contributed by atoms with Crippen LogP contribution in [0.15, 0.2) is 6.07 Å².